The van der Waals surface area contributed by atoms with Gasteiger partial charge in [0.25, 0.3) is 0 Å². The number of methoxy groups -OCH3 is 1. The third-order valence-electron chi connectivity index (χ3n) is 2.48. The Hall–Kier alpha value is -1.47. The van der Waals surface area contributed by atoms with Gasteiger partial charge < -0.3 is 14.7 Å². The summed E-state index contributed by atoms with van der Waals surface area (Å²) in [6.45, 7) is 2.12. The van der Waals surface area contributed by atoms with Gasteiger partial charge in [-0.25, -0.2) is 4.79 Å². The number of carbonyl (C=O) groups is 2. The highest BCUT2D eigenvalue weighted by atomic mass is 32.1. The standard InChI is InChI=1S/C11H16N2O4S/c1-7-9(11(15)16)10(18-12-7)13(2)8(14)5-4-6-17-3/h4-6H2,1-3H3,(H,15,16). The maximum atomic E-state index is 11.9. The first-order valence-electron chi connectivity index (χ1n) is 5.44. The summed E-state index contributed by atoms with van der Waals surface area (Å²) in [6, 6.07) is 0. The number of ether oxygens (including phenoxy) is 1. The maximum absolute atomic E-state index is 11.9. The Balaban J connectivity index is 2.80. The number of hydrogen-bond acceptors (Lipinski definition) is 5. The highest BCUT2D eigenvalue weighted by Gasteiger charge is 2.23. The van der Waals surface area contributed by atoms with Crippen LogP contribution in [0.4, 0.5) is 5.00 Å². The van der Waals surface area contributed by atoms with Crippen LogP contribution < -0.4 is 4.90 Å². The number of aromatic carboxylic acids is 1. The minimum atomic E-state index is -1.06. The molecule has 1 aromatic heterocycles. The minimum Gasteiger partial charge on any atom is -0.478 e. The number of rotatable bonds is 6. The SMILES string of the molecule is COCCCC(=O)N(C)c1snc(C)c1C(=O)O. The summed E-state index contributed by atoms with van der Waals surface area (Å²) < 4.78 is 8.85. The van der Waals surface area contributed by atoms with E-state index in [4.69, 9.17) is 9.84 Å². The number of hydrogen-bond donors (Lipinski definition) is 1. The zero-order chi connectivity index (χ0) is 13.7. The van der Waals surface area contributed by atoms with E-state index in [0.29, 0.717) is 30.1 Å². The lowest BCUT2D eigenvalue weighted by Crippen LogP contribution is -2.26. The van der Waals surface area contributed by atoms with Gasteiger partial charge in [-0.2, -0.15) is 4.37 Å². The molecule has 0 atom stereocenters. The second kappa shape index (κ2) is 6.46. The molecular formula is C11H16N2O4S. The van der Waals surface area contributed by atoms with Crippen LogP contribution in [0.2, 0.25) is 0 Å². The molecule has 1 aromatic rings. The minimum absolute atomic E-state index is 0.0996. The summed E-state index contributed by atoms with van der Waals surface area (Å²) in [5, 5.41) is 9.47. The second-order valence-corrected chi connectivity index (χ2v) is 4.55. The molecule has 0 saturated heterocycles. The summed E-state index contributed by atoms with van der Waals surface area (Å²) in [5.74, 6) is -1.20. The molecule has 1 rings (SSSR count). The first kappa shape index (κ1) is 14.6. The first-order valence-corrected chi connectivity index (χ1v) is 6.21. The van der Waals surface area contributed by atoms with Crippen molar-refractivity contribution in [2.24, 2.45) is 0 Å². The summed E-state index contributed by atoms with van der Waals surface area (Å²) in [4.78, 5) is 24.3. The lowest BCUT2D eigenvalue weighted by atomic mass is 10.2. The van der Waals surface area contributed by atoms with Crippen molar-refractivity contribution in [3.05, 3.63) is 11.3 Å². The molecule has 0 unspecified atom stereocenters. The monoisotopic (exact) mass is 272 g/mol. The second-order valence-electron chi connectivity index (χ2n) is 3.80. The fourth-order valence-electron chi connectivity index (χ4n) is 1.48. The Morgan fingerprint density at radius 2 is 2.17 bits per heavy atom. The molecule has 0 bridgehead atoms. The third kappa shape index (κ3) is 3.27. The van der Waals surface area contributed by atoms with E-state index in [1.54, 1.807) is 21.1 Å². The quantitative estimate of drug-likeness (QED) is 0.794. The van der Waals surface area contributed by atoms with Gasteiger partial charge >= 0.3 is 5.97 Å². The van der Waals surface area contributed by atoms with E-state index < -0.39 is 5.97 Å². The molecule has 100 valence electrons. The average Bonchev–Trinajstić information content (AvgIpc) is 2.70. The number of carbonyl (C=O) groups excluding carboxylic acids is 1. The maximum Gasteiger partial charge on any atom is 0.340 e. The molecule has 0 aliphatic carbocycles. The summed E-state index contributed by atoms with van der Waals surface area (Å²) in [7, 11) is 3.14. The molecule has 0 aromatic carbocycles. The van der Waals surface area contributed by atoms with Gasteiger partial charge in [0.1, 0.15) is 10.6 Å². The highest BCUT2D eigenvalue weighted by Crippen LogP contribution is 2.28. The molecule has 0 aliphatic heterocycles. The van der Waals surface area contributed by atoms with Crippen molar-refractivity contribution in [3.8, 4) is 0 Å². The van der Waals surface area contributed by atoms with Crippen molar-refractivity contribution < 1.29 is 19.4 Å². The van der Waals surface area contributed by atoms with E-state index >= 15 is 0 Å². The molecule has 0 fully saturated rings. The predicted octanol–water partition coefficient (Wildman–Crippen LogP) is 1.54. The van der Waals surface area contributed by atoms with Crippen molar-refractivity contribution in [3.63, 3.8) is 0 Å². The van der Waals surface area contributed by atoms with Crippen LogP contribution in [0.1, 0.15) is 28.9 Å². The van der Waals surface area contributed by atoms with Crippen LogP contribution in [0.25, 0.3) is 0 Å². The molecule has 0 spiro atoms. The van der Waals surface area contributed by atoms with Crippen LogP contribution in [0.5, 0.6) is 0 Å². The van der Waals surface area contributed by atoms with Crippen molar-refractivity contribution in [2.45, 2.75) is 19.8 Å². The van der Waals surface area contributed by atoms with Crippen LogP contribution in [0.15, 0.2) is 0 Å². The lowest BCUT2D eigenvalue weighted by molar-refractivity contribution is -0.118. The third-order valence-corrected chi connectivity index (χ3v) is 3.49. The fourth-order valence-corrected chi connectivity index (χ4v) is 2.35. The number of nitrogens with zero attached hydrogens (tertiary/aromatic N) is 2. The van der Waals surface area contributed by atoms with Gasteiger partial charge in [-0.05, 0) is 24.9 Å². The molecule has 0 saturated carbocycles. The van der Waals surface area contributed by atoms with E-state index in [2.05, 4.69) is 4.37 Å². The highest BCUT2D eigenvalue weighted by molar-refractivity contribution is 7.11. The van der Waals surface area contributed by atoms with Crippen LogP contribution >= 0.6 is 11.5 Å². The van der Waals surface area contributed by atoms with Crippen molar-refractivity contribution >= 4 is 28.4 Å². The molecule has 1 N–H and O–H groups in total. The van der Waals surface area contributed by atoms with Crippen LogP contribution in [0.3, 0.4) is 0 Å². The van der Waals surface area contributed by atoms with Crippen molar-refractivity contribution in [1.29, 1.82) is 0 Å². The van der Waals surface area contributed by atoms with E-state index in [1.807, 2.05) is 0 Å². The van der Waals surface area contributed by atoms with Crippen LogP contribution in [-0.2, 0) is 9.53 Å². The molecule has 0 radical (unpaired) electrons. The molecule has 6 nitrogen and oxygen atoms in total. The Morgan fingerprint density at radius 1 is 1.50 bits per heavy atom. The van der Waals surface area contributed by atoms with Gasteiger partial charge in [0.2, 0.25) is 5.91 Å². The molecule has 1 amide bonds. The van der Waals surface area contributed by atoms with Gasteiger partial charge in [-0.1, -0.05) is 0 Å². The summed E-state index contributed by atoms with van der Waals surface area (Å²) >= 11 is 1.02. The summed E-state index contributed by atoms with van der Waals surface area (Å²) in [6.07, 6.45) is 0.931. The zero-order valence-electron chi connectivity index (χ0n) is 10.6. The number of carboxylic acid groups (broad SMARTS) is 1. The van der Waals surface area contributed by atoms with E-state index in [0.717, 1.165) is 11.5 Å². The lowest BCUT2D eigenvalue weighted by Gasteiger charge is -2.15. The number of amides is 1. The number of aryl methyl sites for hydroxylation is 1. The van der Waals surface area contributed by atoms with E-state index in [9.17, 15) is 9.59 Å². The molecule has 1 heterocycles. The largest absolute Gasteiger partial charge is 0.478 e. The first-order chi connectivity index (χ1) is 8.49. The Labute approximate surface area is 109 Å². The number of anilines is 1. The van der Waals surface area contributed by atoms with Gasteiger partial charge in [0.15, 0.2) is 0 Å². The van der Waals surface area contributed by atoms with E-state index in [-0.39, 0.29) is 11.5 Å². The smallest absolute Gasteiger partial charge is 0.340 e. The van der Waals surface area contributed by atoms with Gasteiger partial charge in [-0.15, -0.1) is 0 Å². The van der Waals surface area contributed by atoms with Crippen molar-refractivity contribution in [2.75, 3.05) is 25.7 Å². The summed E-state index contributed by atoms with van der Waals surface area (Å²) in [5.41, 5.74) is 0.529. The van der Waals surface area contributed by atoms with E-state index in [1.165, 1.54) is 4.90 Å². The molecular weight excluding hydrogens is 256 g/mol. The molecule has 0 aliphatic rings. The van der Waals surface area contributed by atoms with Crippen LogP contribution in [0, 0.1) is 6.92 Å². The van der Waals surface area contributed by atoms with Gasteiger partial charge in [0.05, 0.1) is 5.69 Å². The fraction of sp³-hybridized carbons (Fsp3) is 0.545. The Kier molecular flexibility index (Phi) is 5.24. The topological polar surface area (TPSA) is 79.7 Å². The number of aromatic nitrogens is 1. The predicted molar refractivity (Wildman–Crippen MR) is 68.3 cm³/mol. The molecule has 18 heavy (non-hydrogen) atoms. The Bertz CT molecular complexity index is 444. The molecule has 7 heteroatoms. The average molecular weight is 272 g/mol. The van der Waals surface area contributed by atoms with Gasteiger partial charge in [0, 0.05) is 27.2 Å². The number of carboxylic acids is 1. The van der Waals surface area contributed by atoms with Crippen molar-refractivity contribution in [1.82, 2.24) is 4.37 Å². The zero-order valence-corrected chi connectivity index (χ0v) is 11.4. The normalized spacial score (nSPS) is 10.4. The Morgan fingerprint density at radius 3 is 2.72 bits per heavy atom. The van der Waals surface area contributed by atoms with Crippen LogP contribution in [-0.4, -0.2) is 42.1 Å². The van der Waals surface area contributed by atoms with Gasteiger partial charge in [-0.3, -0.25) is 4.79 Å².